The van der Waals surface area contributed by atoms with E-state index in [-0.39, 0.29) is 0 Å². The van der Waals surface area contributed by atoms with Crippen LogP contribution in [0.25, 0.3) is 0 Å². The topological polar surface area (TPSA) is 112 Å². The van der Waals surface area contributed by atoms with Crippen LogP contribution >= 0.6 is 0 Å². The second kappa shape index (κ2) is 43.4. The normalized spacial score (nSPS) is 4.95. The monoisotopic (exact) mass is 311 g/mol. The summed E-state index contributed by atoms with van der Waals surface area (Å²) in [6, 6.07) is 10.1. The van der Waals surface area contributed by atoms with E-state index in [2.05, 4.69) is 54.4 Å². The molecule has 0 atom stereocenters. The van der Waals surface area contributed by atoms with Crippen LogP contribution in [0.1, 0.15) is 6.92 Å². The van der Waals surface area contributed by atoms with Crippen LogP contribution in [0.5, 0.6) is 0 Å². The molecule has 0 radical (unpaired) electrons. The van der Waals surface area contributed by atoms with Crippen LogP contribution in [0, 0.1) is 33.3 Å². The van der Waals surface area contributed by atoms with E-state index in [1.807, 2.05) is 37.3 Å². The fraction of sp³-hybridized carbons (Fsp3) is 0.0769. The molecular weight excluding hydrogens is 302 g/mol. The van der Waals surface area contributed by atoms with E-state index >= 15 is 0 Å². The third-order valence-electron chi connectivity index (χ3n) is 1.09. The van der Waals surface area contributed by atoms with Gasteiger partial charge in [0.25, 0.3) is 0 Å². The average Bonchev–Trinajstić information content (AvgIpc) is 2.57. The first-order valence-corrected chi connectivity index (χ1v) is 4.77. The number of benzene rings is 1. The molecule has 0 spiro atoms. The molecule has 0 saturated heterocycles. The molecule has 0 saturated carbocycles. The first-order valence-electron chi connectivity index (χ1n) is 4.14. The Labute approximate surface area is 125 Å². The Kier molecular flexibility index (Phi) is 67.0. The van der Waals surface area contributed by atoms with Crippen molar-refractivity contribution in [1.82, 2.24) is 0 Å². The van der Waals surface area contributed by atoms with Gasteiger partial charge in [-0.2, -0.15) is 0 Å². The summed E-state index contributed by atoms with van der Waals surface area (Å²) in [6.45, 7) is 24.5. The van der Waals surface area contributed by atoms with Gasteiger partial charge in [-0.15, -0.1) is 0 Å². The first-order chi connectivity index (χ1) is 9.79. The van der Waals surface area contributed by atoms with E-state index in [1.165, 1.54) is 0 Å². The van der Waals surface area contributed by atoms with Crippen molar-refractivity contribution >= 4 is 10.2 Å². The Morgan fingerprint density at radius 2 is 1.10 bits per heavy atom. The molecule has 0 aliphatic rings. The molecule has 1 aromatic carbocycles. The Balaban J connectivity index is -0.0000000639. The predicted octanol–water partition coefficient (Wildman–Crippen LogP) is 1.61. The summed E-state index contributed by atoms with van der Waals surface area (Å²) in [6.07, 6.45) is 0. The fourth-order valence-electron chi connectivity index (χ4n) is 0.725. The van der Waals surface area contributed by atoms with Gasteiger partial charge in [0.1, 0.15) is 0 Å². The second-order valence-electron chi connectivity index (χ2n) is 2.05. The third-order valence-corrected chi connectivity index (χ3v) is 1.25. The minimum atomic E-state index is 1.09. The molecule has 0 aliphatic heterocycles. The number of hydrogen-bond donors (Lipinski definition) is 1. The number of nitrogens with one attached hydrogen (secondary N) is 1. The summed E-state index contributed by atoms with van der Waals surface area (Å²) in [7, 11) is 0. The van der Waals surface area contributed by atoms with Crippen molar-refractivity contribution < 1.29 is 39.1 Å². The summed E-state index contributed by atoms with van der Waals surface area (Å²) in [5, 5.41) is 3.17. The number of hydrogen-bond acceptors (Lipinski definition) is 1. The van der Waals surface area contributed by atoms with Crippen LogP contribution in [-0.4, -0.2) is 4.50 Å². The maximum absolute atomic E-state index is 7.50. The van der Waals surface area contributed by atoms with E-state index in [0.717, 1.165) is 10.2 Å². The maximum atomic E-state index is 7.50. The standard InChI is InChI=1S/C8H9N.5CO.Cr/c1-2-9-8-6-4-3-5-7-8;5*1-2;/h3-7,9H,1H3;;;;;;. The molecule has 6 nitrogen and oxygen atoms in total. The zero-order valence-corrected chi connectivity index (χ0v) is 11.6. The molecule has 0 bridgehead atoms. The van der Waals surface area contributed by atoms with Gasteiger partial charge in [-0.05, 0) is 0 Å². The predicted molar refractivity (Wildman–Crippen MR) is 60.4 cm³/mol. The minimum absolute atomic E-state index is 1.09. The second-order valence-corrected chi connectivity index (χ2v) is 3.00. The summed E-state index contributed by atoms with van der Waals surface area (Å²) in [5.74, 6) is 0. The quantitative estimate of drug-likeness (QED) is 0.649. The fourth-order valence-corrected chi connectivity index (χ4v) is 0.909. The summed E-state index contributed by atoms with van der Waals surface area (Å²) in [5.41, 5.74) is 1.12. The molecule has 20 heavy (non-hydrogen) atoms. The zero-order valence-electron chi connectivity index (χ0n) is 10.3. The van der Waals surface area contributed by atoms with Gasteiger partial charge in [-0.25, -0.2) is 0 Å². The van der Waals surface area contributed by atoms with Gasteiger partial charge in [-0.1, -0.05) is 0 Å². The molecule has 0 aliphatic carbocycles. The molecule has 102 valence electrons. The van der Waals surface area contributed by atoms with Gasteiger partial charge >= 0.3 is 125 Å². The number of para-hydroxylation sites is 1. The van der Waals surface area contributed by atoms with Crippen LogP contribution in [0.2, 0.25) is 0 Å². The third kappa shape index (κ3) is 36.0. The van der Waals surface area contributed by atoms with Crippen molar-refractivity contribution in [2.24, 2.45) is 0 Å². The van der Waals surface area contributed by atoms with Crippen molar-refractivity contribution in [3.05, 3.63) is 63.6 Å². The van der Waals surface area contributed by atoms with Crippen LogP contribution in [0.15, 0.2) is 30.3 Å². The van der Waals surface area contributed by atoms with Gasteiger partial charge in [0.15, 0.2) is 0 Å². The van der Waals surface area contributed by atoms with Gasteiger partial charge in [-0.3, -0.25) is 0 Å². The first kappa shape index (κ1) is 30.9. The van der Waals surface area contributed by atoms with Crippen LogP contribution < -0.4 is 5.32 Å². The molecule has 1 aromatic rings. The Morgan fingerprint density at radius 1 is 0.800 bits per heavy atom. The molecule has 0 amide bonds. The van der Waals surface area contributed by atoms with Crippen molar-refractivity contribution in [1.29, 1.82) is 0 Å². The Hall–Kier alpha value is -1.88. The van der Waals surface area contributed by atoms with E-state index in [1.54, 1.807) is 0 Å². The summed E-state index contributed by atoms with van der Waals surface area (Å²) in [4.78, 5) is 0. The average molecular weight is 311 g/mol. The van der Waals surface area contributed by atoms with Gasteiger partial charge in [0.05, 0.1) is 0 Å². The van der Waals surface area contributed by atoms with Gasteiger partial charge in [0.2, 0.25) is 0 Å². The zero-order chi connectivity index (χ0) is 17.4. The van der Waals surface area contributed by atoms with Crippen molar-refractivity contribution in [3.63, 3.8) is 0 Å². The summed E-state index contributed by atoms with van der Waals surface area (Å²) >= 11 is 2.89. The summed E-state index contributed by atoms with van der Waals surface area (Å²) < 4.78 is 38.6. The Bertz CT molecular complexity index is 371. The molecule has 0 fully saturated rings. The molecule has 0 unspecified atom stereocenters. The van der Waals surface area contributed by atoms with E-state index in [4.69, 9.17) is 23.3 Å². The van der Waals surface area contributed by atoms with Crippen molar-refractivity contribution in [2.75, 3.05) is 5.32 Å². The van der Waals surface area contributed by atoms with Gasteiger partial charge in [0, 0.05) is 0 Å². The molecule has 0 heterocycles. The van der Waals surface area contributed by atoms with E-state index in [0.29, 0.717) is 0 Å². The van der Waals surface area contributed by atoms with Crippen molar-refractivity contribution in [2.45, 2.75) is 6.92 Å². The molecule has 1 rings (SSSR count). The van der Waals surface area contributed by atoms with Gasteiger partial charge < -0.3 is 0 Å². The SMILES string of the molecule is C[C](=[Cr])Nc1ccccc1.[C-]#[O+].[C-]#[O+].[C-]#[O+].[C-]#[O+].[C-]#[O+]. The molecule has 1 N–H and O–H groups in total. The molecule has 7 heteroatoms. The number of anilines is 1. The molecule has 0 aromatic heterocycles. The molecular formula is C13H9CrNO5. The van der Waals surface area contributed by atoms with E-state index in [9.17, 15) is 0 Å². The van der Waals surface area contributed by atoms with Crippen LogP contribution in [-0.2, 0) is 39.1 Å². The van der Waals surface area contributed by atoms with Crippen LogP contribution in [0.3, 0.4) is 0 Å². The Morgan fingerprint density at radius 3 is 1.35 bits per heavy atom. The van der Waals surface area contributed by atoms with Crippen LogP contribution in [0.4, 0.5) is 5.69 Å². The number of rotatable bonds is 2. The van der Waals surface area contributed by atoms with E-state index < -0.39 is 0 Å². The van der Waals surface area contributed by atoms with Crippen molar-refractivity contribution in [3.8, 4) is 0 Å².